The number of benzene rings is 2. The highest BCUT2D eigenvalue weighted by Crippen LogP contribution is 2.34. The summed E-state index contributed by atoms with van der Waals surface area (Å²) in [5.41, 5.74) is 1.54. The number of hydrogen-bond acceptors (Lipinski definition) is 6. The summed E-state index contributed by atoms with van der Waals surface area (Å²) in [5, 5.41) is 3.37. The number of nitrogens with one attached hydrogen (secondary N) is 1. The molecule has 0 spiro atoms. The first-order chi connectivity index (χ1) is 19.7. The normalized spacial score (nSPS) is 22.3. The largest absolute Gasteiger partial charge is 0.368 e. The number of hydrogen-bond donors (Lipinski definition) is 1. The van der Waals surface area contributed by atoms with Crippen LogP contribution in [0.2, 0.25) is 10.0 Å². The smallest absolute Gasteiger partial charge is 0.256 e. The Morgan fingerprint density at radius 2 is 1.68 bits per heavy atom. The summed E-state index contributed by atoms with van der Waals surface area (Å²) in [6.45, 7) is 4.53. The molecule has 2 aromatic rings. The number of carbonyl (C=O) groups is 4. The first-order valence-corrected chi connectivity index (χ1v) is 14.7. The first kappa shape index (κ1) is 27.9. The zero-order valence-electron chi connectivity index (χ0n) is 22.4. The number of carbonyl (C=O) groups excluding carboxylic acids is 4. The molecule has 41 heavy (non-hydrogen) atoms. The molecule has 4 aliphatic rings. The van der Waals surface area contributed by atoms with E-state index < -0.39 is 29.6 Å². The summed E-state index contributed by atoms with van der Waals surface area (Å²) in [5.74, 6) is -2.51. The van der Waals surface area contributed by atoms with E-state index >= 15 is 4.39 Å². The van der Waals surface area contributed by atoms with Crippen LogP contribution in [0.4, 0.5) is 10.1 Å². The van der Waals surface area contributed by atoms with Crippen LogP contribution in [0.25, 0.3) is 0 Å². The molecule has 3 fully saturated rings. The Morgan fingerprint density at radius 1 is 0.951 bits per heavy atom. The second-order valence-corrected chi connectivity index (χ2v) is 11.8. The van der Waals surface area contributed by atoms with Crippen LogP contribution >= 0.6 is 23.2 Å². The van der Waals surface area contributed by atoms with Crippen LogP contribution in [0, 0.1) is 5.82 Å². The lowest BCUT2D eigenvalue weighted by atomic mass is 10.00. The van der Waals surface area contributed by atoms with E-state index in [1.165, 1.54) is 11.0 Å². The van der Waals surface area contributed by atoms with Crippen LogP contribution in [-0.2, 0) is 16.1 Å². The van der Waals surface area contributed by atoms with Crippen LogP contribution < -0.4 is 10.2 Å². The molecule has 3 saturated heterocycles. The second-order valence-electron chi connectivity index (χ2n) is 11.0. The third-order valence-electron chi connectivity index (χ3n) is 8.70. The van der Waals surface area contributed by atoms with Crippen LogP contribution in [-0.4, -0.2) is 89.7 Å². The molecule has 216 valence electrons. The van der Waals surface area contributed by atoms with E-state index in [0.717, 1.165) is 50.8 Å². The Balaban J connectivity index is 1.06. The molecule has 1 atom stereocenters. The van der Waals surface area contributed by atoms with Crippen molar-refractivity contribution in [2.75, 3.05) is 44.2 Å². The van der Waals surface area contributed by atoms with E-state index in [4.69, 9.17) is 23.2 Å². The van der Waals surface area contributed by atoms with Gasteiger partial charge < -0.3 is 14.7 Å². The molecular weight excluding hydrogens is 572 g/mol. The van der Waals surface area contributed by atoms with Crippen molar-refractivity contribution >= 4 is 52.5 Å². The standard InChI is InChI=1S/C29H30Cl2FN5O4/c30-21-2-1-3-23(26(21)31)35-12-10-34(11-13-35)18-6-8-36(9-7-18)28(40)20-14-17-16-37(29(41)19(17)15-22(20)32)24-4-5-25(38)33-27(24)39/h1-3,14-15,18,24H,4-13,16H2,(H,33,38,39). The van der Waals surface area contributed by atoms with E-state index in [2.05, 4.69) is 15.1 Å². The van der Waals surface area contributed by atoms with Crippen LogP contribution in [0.1, 0.15) is 52.0 Å². The Morgan fingerprint density at radius 3 is 2.39 bits per heavy atom. The van der Waals surface area contributed by atoms with E-state index in [1.807, 2.05) is 12.1 Å². The third-order valence-corrected chi connectivity index (χ3v) is 9.50. The number of anilines is 1. The first-order valence-electron chi connectivity index (χ1n) is 13.9. The molecule has 0 bridgehead atoms. The average Bonchev–Trinajstić information content (AvgIpc) is 3.28. The molecule has 4 amide bonds. The van der Waals surface area contributed by atoms with Crippen molar-refractivity contribution < 1.29 is 23.6 Å². The van der Waals surface area contributed by atoms with Gasteiger partial charge in [0.05, 0.1) is 21.3 Å². The number of nitrogens with zero attached hydrogens (tertiary/aromatic N) is 4. The number of fused-ring (bicyclic) bond motifs is 1. The van der Waals surface area contributed by atoms with Gasteiger partial charge in [-0.05, 0) is 49.1 Å². The molecule has 1 unspecified atom stereocenters. The topological polar surface area (TPSA) is 93.3 Å². The molecule has 0 aromatic heterocycles. The number of likely N-dealkylation sites (tertiary alicyclic amines) is 1. The van der Waals surface area contributed by atoms with Gasteiger partial charge in [0.25, 0.3) is 11.8 Å². The number of imide groups is 1. The van der Waals surface area contributed by atoms with Gasteiger partial charge in [-0.2, -0.15) is 0 Å². The Kier molecular flexibility index (Phi) is 7.65. The van der Waals surface area contributed by atoms with Gasteiger partial charge in [-0.3, -0.25) is 29.4 Å². The highest BCUT2D eigenvalue weighted by molar-refractivity contribution is 6.43. The number of halogens is 3. The fourth-order valence-corrected chi connectivity index (χ4v) is 6.84. The number of rotatable bonds is 4. The van der Waals surface area contributed by atoms with E-state index in [1.54, 1.807) is 11.0 Å². The molecule has 4 heterocycles. The molecule has 12 heteroatoms. The molecule has 9 nitrogen and oxygen atoms in total. The minimum absolute atomic E-state index is 0.0628. The van der Waals surface area contributed by atoms with Gasteiger partial charge in [0.1, 0.15) is 11.9 Å². The molecule has 2 aromatic carbocycles. The molecule has 6 rings (SSSR count). The minimum atomic E-state index is -0.793. The maximum atomic E-state index is 15.1. The summed E-state index contributed by atoms with van der Waals surface area (Å²) in [6, 6.07) is 7.76. The number of piperidine rings is 2. The second kappa shape index (κ2) is 11.2. The summed E-state index contributed by atoms with van der Waals surface area (Å²) >= 11 is 12.6. The van der Waals surface area contributed by atoms with E-state index in [-0.39, 0.29) is 36.4 Å². The zero-order valence-corrected chi connectivity index (χ0v) is 23.9. The average molecular weight is 602 g/mol. The number of piperazine rings is 1. The summed E-state index contributed by atoms with van der Waals surface area (Å²) in [4.78, 5) is 57.8. The molecular formula is C29H30Cl2FN5O4. The highest BCUT2D eigenvalue weighted by atomic mass is 35.5. The van der Waals surface area contributed by atoms with Crippen LogP contribution in [0.15, 0.2) is 30.3 Å². The summed E-state index contributed by atoms with van der Waals surface area (Å²) < 4.78 is 15.1. The molecule has 4 aliphatic heterocycles. The maximum absolute atomic E-state index is 15.1. The summed E-state index contributed by atoms with van der Waals surface area (Å²) in [7, 11) is 0. The molecule has 0 saturated carbocycles. The monoisotopic (exact) mass is 601 g/mol. The van der Waals surface area contributed by atoms with Gasteiger partial charge in [-0.25, -0.2) is 4.39 Å². The van der Waals surface area contributed by atoms with Gasteiger partial charge in [0.15, 0.2) is 0 Å². The van der Waals surface area contributed by atoms with Gasteiger partial charge in [-0.1, -0.05) is 29.3 Å². The Labute approximate surface area is 247 Å². The van der Waals surface area contributed by atoms with Crippen molar-refractivity contribution in [2.45, 2.75) is 44.3 Å². The predicted octanol–water partition coefficient (Wildman–Crippen LogP) is 3.32. The lowest BCUT2D eigenvalue weighted by Gasteiger charge is -2.43. The Hall–Kier alpha value is -3.21. The third kappa shape index (κ3) is 5.29. The van der Waals surface area contributed by atoms with Crippen LogP contribution in [0.5, 0.6) is 0 Å². The van der Waals surface area contributed by atoms with Crippen LogP contribution in [0.3, 0.4) is 0 Å². The lowest BCUT2D eigenvalue weighted by molar-refractivity contribution is -0.136. The quantitative estimate of drug-likeness (QED) is 0.540. The van der Waals surface area contributed by atoms with E-state index in [0.29, 0.717) is 34.7 Å². The van der Waals surface area contributed by atoms with E-state index in [9.17, 15) is 19.2 Å². The van der Waals surface area contributed by atoms with Gasteiger partial charge in [0.2, 0.25) is 11.8 Å². The molecule has 0 radical (unpaired) electrons. The van der Waals surface area contributed by atoms with Crippen molar-refractivity contribution in [2.24, 2.45) is 0 Å². The lowest BCUT2D eigenvalue weighted by Crippen LogP contribution is -2.54. The van der Waals surface area contributed by atoms with Crippen molar-refractivity contribution in [1.82, 2.24) is 20.0 Å². The highest BCUT2D eigenvalue weighted by Gasteiger charge is 2.40. The number of amides is 4. The Bertz CT molecular complexity index is 1420. The molecule has 0 aliphatic carbocycles. The fraction of sp³-hybridized carbons (Fsp3) is 0.448. The van der Waals surface area contributed by atoms with Crippen molar-refractivity contribution in [1.29, 1.82) is 0 Å². The van der Waals surface area contributed by atoms with Crippen molar-refractivity contribution in [3.8, 4) is 0 Å². The fourth-order valence-electron chi connectivity index (χ4n) is 6.42. The SMILES string of the molecule is O=C1CCC(N2Cc3cc(C(=O)N4CCC(N5CCN(c6cccc(Cl)c6Cl)CC5)CC4)c(F)cc3C2=O)C(=O)N1. The maximum Gasteiger partial charge on any atom is 0.256 e. The summed E-state index contributed by atoms with van der Waals surface area (Å²) in [6.07, 6.45) is 1.93. The molecule has 1 N–H and O–H groups in total. The van der Waals surface area contributed by atoms with Gasteiger partial charge >= 0.3 is 0 Å². The van der Waals surface area contributed by atoms with Gasteiger partial charge in [-0.15, -0.1) is 0 Å². The zero-order chi connectivity index (χ0) is 28.8. The van der Waals surface area contributed by atoms with Crippen molar-refractivity contribution in [3.63, 3.8) is 0 Å². The minimum Gasteiger partial charge on any atom is -0.368 e. The van der Waals surface area contributed by atoms with Crippen molar-refractivity contribution in [3.05, 3.63) is 62.9 Å². The van der Waals surface area contributed by atoms with Gasteiger partial charge in [0, 0.05) is 63.8 Å². The predicted molar refractivity (Wildman–Crippen MR) is 152 cm³/mol.